The molecule has 0 atom stereocenters. The van der Waals surface area contributed by atoms with E-state index >= 15 is 0 Å². The summed E-state index contributed by atoms with van der Waals surface area (Å²) < 4.78 is 18.1. The van der Waals surface area contributed by atoms with E-state index in [2.05, 4.69) is 20.0 Å². The van der Waals surface area contributed by atoms with Gasteiger partial charge in [-0.3, -0.25) is 14.6 Å². The summed E-state index contributed by atoms with van der Waals surface area (Å²) in [5, 5.41) is 3.64. The number of H-pyrrole nitrogens is 1. The minimum absolute atomic E-state index is 0.151. The summed E-state index contributed by atoms with van der Waals surface area (Å²) >= 11 is 5.98. The van der Waals surface area contributed by atoms with Crippen molar-refractivity contribution >= 4 is 35.3 Å². The molecule has 7 nitrogen and oxygen atoms in total. The van der Waals surface area contributed by atoms with Crippen LogP contribution in [0.4, 0.5) is 21.6 Å². The van der Waals surface area contributed by atoms with Crippen LogP contribution in [-0.2, 0) is 9.53 Å². The van der Waals surface area contributed by atoms with Gasteiger partial charge in [0.05, 0.1) is 18.4 Å². The third-order valence-corrected chi connectivity index (χ3v) is 4.31. The van der Waals surface area contributed by atoms with E-state index in [0.29, 0.717) is 23.0 Å². The normalized spacial score (nSPS) is 9.93. The maximum atomic E-state index is 14.3. The number of nitrogens with one attached hydrogen (secondary N) is 2. The van der Waals surface area contributed by atoms with Gasteiger partial charge in [-0.25, -0.2) is 4.39 Å². The highest BCUT2D eigenvalue weighted by molar-refractivity contribution is 6.30. The topological polar surface area (TPSA) is 87.3 Å². The van der Waals surface area contributed by atoms with Crippen LogP contribution in [-0.4, -0.2) is 37.6 Å². The number of rotatable bonds is 5. The van der Waals surface area contributed by atoms with Crippen LogP contribution < -0.4 is 15.8 Å². The summed E-state index contributed by atoms with van der Waals surface area (Å²) in [6.07, 6.45) is 3.41. The standard InChI is InChI=1S/C19H18ClFN4O.C2H4O2/c1-11-10-22-7-6-16(11)23-17-9-14(19(26)24-18(17)25(2)3)13-8-12(20)4-5-15(13)21;1-4-2-3/h4-10H,1-3H3,(H,22,23)(H,24,26);2H,1H3. The van der Waals surface area contributed by atoms with Gasteiger partial charge in [0.15, 0.2) is 0 Å². The summed E-state index contributed by atoms with van der Waals surface area (Å²) in [5.41, 5.74) is 2.38. The molecule has 2 aromatic heterocycles. The maximum absolute atomic E-state index is 14.3. The summed E-state index contributed by atoms with van der Waals surface area (Å²) in [6, 6.07) is 7.60. The zero-order chi connectivity index (χ0) is 22.3. The number of methoxy groups -OCH3 is 1. The number of aryl methyl sites for hydroxylation is 1. The molecule has 3 aromatic rings. The SMILES string of the molecule is COC=O.Cc1cnccc1Nc1cc(-c2cc(Cl)ccc2F)c(=O)[nH]c1N(C)C. The number of ether oxygens (including phenoxy) is 1. The lowest BCUT2D eigenvalue weighted by Crippen LogP contribution is -2.20. The first kappa shape index (κ1) is 22.9. The molecule has 0 spiro atoms. The number of hydrogen-bond acceptors (Lipinski definition) is 6. The number of aromatic nitrogens is 2. The molecule has 0 saturated carbocycles. The van der Waals surface area contributed by atoms with Crippen molar-refractivity contribution in [3.8, 4) is 11.1 Å². The molecule has 2 heterocycles. The Morgan fingerprint density at radius 2 is 1.90 bits per heavy atom. The second-order valence-electron chi connectivity index (χ2n) is 6.44. The molecule has 0 fully saturated rings. The first-order valence-corrected chi connectivity index (χ1v) is 9.20. The van der Waals surface area contributed by atoms with E-state index in [4.69, 9.17) is 16.4 Å². The largest absolute Gasteiger partial charge is 0.471 e. The van der Waals surface area contributed by atoms with Crippen molar-refractivity contribution in [3.63, 3.8) is 0 Å². The van der Waals surface area contributed by atoms with Crippen LogP contribution in [0.5, 0.6) is 0 Å². The van der Waals surface area contributed by atoms with Crippen LogP contribution in [0.1, 0.15) is 5.56 Å². The summed E-state index contributed by atoms with van der Waals surface area (Å²) in [5.74, 6) is 0.0703. The molecular formula is C21H22ClFN4O3. The summed E-state index contributed by atoms with van der Waals surface area (Å²) in [7, 11) is 4.94. The summed E-state index contributed by atoms with van der Waals surface area (Å²) in [4.78, 5) is 30.2. The highest BCUT2D eigenvalue weighted by Gasteiger charge is 2.16. The monoisotopic (exact) mass is 432 g/mol. The number of carbonyl (C=O) groups excluding carboxylic acids is 1. The molecule has 0 aliphatic rings. The van der Waals surface area contributed by atoms with Gasteiger partial charge in [0.25, 0.3) is 12.0 Å². The quantitative estimate of drug-likeness (QED) is 0.589. The van der Waals surface area contributed by atoms with Crippen LogP contribution in [0.25, 0.3) is 11.1 Å². The molecule has 1 aromatic carbocycles. The smallest absolute Gasteiger partial charge is 0.292 e. The van der Waals surface area contributed by atoms with Crippen molar-refractivity contribution in [1.82, 2.24) is 9.97 Å². The molecule has 0 amide bonds. The molecular weight excluding hydrogens is 411 g/mol. The van der Waals surface area contributed by atoms with Gasteiger partial charge in [0.1, 0.15) is 11.6 Å². The first-order chi connectivity index (χ1) is 14.3. The maximum Gasteiger partial charge on any atom is 0.292 e. The average molecular weight is 433 g/mol. The molecule has 0 saturated heterocycles. The summed E-state index contributed by atoms with van der Waals surface area (Å²) in [6.45, 7) is 2.30. The molecule has 0 unspecified atom stereocenters. The highest BCUT2D eigenvalue weighted by atomic mass is 35.5. The predicted molar refractivity (Wildman–Crippen MR) is 117 cm³/mol. The molecule has 0 bridgehead atoms. The van der Waals surface area contributed by atoms with Crippen molar-refractivity contribution in [2.45, 2.75) is 6.92 Å². The number of halogens is 2. The van der Waals surface area contributed by atoms with Crippen molar-refractivity contribution in [1.29, 1.82) is 0 Å². The van der Waals surface area contributed by atoms with E-state index in [1.54, 1.807) is 23.4 Å². The van der Waals surface area contributed by atoms with Gasteiger partial charge in [-0.05, 0) is 42.8 Å². The van der Waals surface area contributed by atoms with E-state index in [1.165, 1.54) is 25.3 Å². The van der Waals surface area contributed by atoms with Crippen LogP contribution in [0.3, 0.4) is 0 Å². The van der Waals surface area contributed by atoms with Crippen molar-refractivity contribution in [2.24, 2.45) is 0 Å². The van der Waals surface area contributed by atoms with Crippen LogP contribution in [0.2, 0.25) is 5.02 Å². The lowest BCUT2D eigenvalue weighted by Gasteiger charge is -2.20. The molecule has 0 aliphatic heterocycles. The molecule has 3 rings (SSSR count). The second kappa shape index (κ2) is 10.4. The Bertz CT molecular complexity index is 1090. The number of carbonyl (C=O) groups is 1. The average Bonchev–Trinajstić information content (AvgIpc) is 2.72. The third-order valence-electron chi connectivity index (χ3n) is 4.07. The number of hydrogen-bond donors (Lipinski definition) is 2. The van der Waals surface area contributed by atoms with Gasteiger partial charge in [-0.15, -0.1) is 0 Å². The zero-order valence-electron chi connectivity index (χ0n) is 17.0. The highest BCUT2D eigenvalue weighted by Crippen LogP contribution is 2.31. The van der Waals surface area contributed by atoms with Gasteiger partial charge in [-0.1, -0.05) is 11.6 Å². The molecule has 2 N–H and O–H groups in total. The Kier molecular flexibility index (Phi) is 7.94. The molecule has 158 valence electrons. The lowest BCUT2D eigenvalue weighted by molar-refractivity contribution is -0.126. The number of nitrogens with zero attached hydrogens (tertiary/aromatic N) is 2. The molecule has 0 aliphatic carbocycles. The van der Waals surface area contributed by atoms with Crippen molar-refractivity contribution in [2.75, 3.05) is 31.4 Å². The van der Waals surface area contributed by atoms with Gasteiger partial charge in [-0.2, -0.15) is 0 Å². The van der Waals surface area contributed by atoms with Crippen molar-refractivity contribution < 1.29 is 13.9 Å². The Labute approximate surface area is 178 Å². The van der Waals surface area contributed by atoms with E-state index < -0.39 is 11.4 Å². The third kappa shape index (κ3) is 5.57. The zero-order valence-corrected chi connectivity index (χ0v) is 17.7. The fraction of sp³-hybridized carbons (Fsp3) is 0.190. The number of pyridine rings is 2. The molecule has 0 radical (unpaired) electrons. The van der Waals surface area contributed by atoms with Crippen LogP contribution in [0, 0.1) is 12.7 Å². The minimum Gasteiger partial charge on any atom is -0.471 e. The van der Waals surface area contributed by atoms with Gasteiger partial charge in [0, 0.05) is 42.8 Å². The fourth-order valence-corrected chi connectivity index (χ4v) is 2.80. The van der Waals surface area contributed by atoms with Crippen LogP contribution in [0.15, 0.2) is 47.5 Å². The lowest BCUT2D eigenvalue weighted by atomic mass is 10.1. The number of benzene rings is 1. The van der Waals surface area contributed by atoms with Gasteiger partial charge in [0.2, 0.25) is 0 Å². The van der Waals surface area contributed by atoms with Crippen LogP contribution >= 0.6 is 11.6 Å². The van der Waals surface area contributed by atoms with Gasteiger partial charge >= 0.3 is 0 Å². The minimum atomic E-state index is -0.511. The Morgan fingerprint density at radius 1 is 1.20 bits per heavy atom. The Morgan fingerprint density at radius 3 is 2.50 bits per heavy atom. The fourth-order valence-electron chi connectivity index (χ4n) is 2.63. The van der Waals surface area contributed by atoms with E-state index in [1.807, 2.05) is 27.1 Å². The molecule has 30 heavy (non-hydrogen) atoms. The van der Waals surface area contributed by atoms with E-state index in [-0.39, 0.29) is 11.1 Å². The van der Waals surface area contributed by atoms with Gasteiger partial charge < -0.3 is 19.9 Å². The number of anilines is 3. The Hall–Kier alpha value is -3.39. The predicted octanol–water partition coefficient (Wildman–Crippen LogP) is 4.14. The number of aromatic amines is 1. The van der Waals surface area contributed by atoms with Crippen molar-refractivity contribution in [3.05, 3.63) is 69.5 Å². The van der Waals surface area contributed by atoms with E-state index in [9.17, 15) is 9.18 Å². The first-order valence-electron chi connectivity index (χ1n) is 8.82. The second-order valence-corrected chi connectivity index (χ2v) is 6.88. The molecule has 9 heteroatoms. The van der Waals surface area contributed by atoms with E-state index in [0.717, 1.165) is 11.3 Å². The Balaban J connectivity index is 0.000000735.